The number of carbonyl (C=O) groups excluding carboxylic acids is 1. The molecule has 0 unspecified atom stereocenters. The third kappa shape index (κ3) is 3.40. The van der Waals surface area contributed by atoms with Crippen LogP contribution in [0, 0.1) is 13.8 Å². The third-order valence-corrected chi connectivity index (χ3v) is 3.38. The predicted octanol–water partition coefficient (Wildman–Crippen LogP) is 3.41. The van der Waals surface area contributed by atoms with Gasteiger partial charge in [0.05, 0.1) is 11.9 Å². The molecule has 1 N–H and O–H groups in total. The Hall–Kier alpha value is -2.36. The normalized spacial score (nSPS) is 10.3. The molecule has 1 amide bonds. The molecule has 21 heavy (non-hydrogen) atoms. The van der Waals surface area contributed by atoms with E-state index in [9.17, 15) is 4.79 Å². The van der Waals surface area contributed by atoms with Crippen LogP contribution in [0.15, 0.2) is 36.5 Å². The molecule has 1 aromatic carbocycles. The van der Waals surface area contributed by atoms with Crippen LogP contribution in [-0.4, -0.2) is 24.5 Å². The summed E-state index contributed by atoms with van der Waals surface area (Å²) >= 11 is 0. The van der Waals surface area contributed by atoms with Crippen molar-refractivity contribution in [1.29, 1.82) is 0 Å². The molecular formula is C17H21N3O. The summed E-state index contributed by atoms with van der Waals surface area (Å²) in [5.74, 6) is -0.106. The smallest absolute Gasteiger partial charge is 0.276 e. The van der Waals surface area contributed by atoms with E-state index in [0.717, 1.165) is 23.5 Å². The molecule has 2 aromatic rings. The van der Waals surface area contributed by atoms with Gasteiger partial charge in [-0.3, -0.25) is 4.79 Å². The molecule has 0 aliphatic rings. The monoisotopic (exact) mass is 283 g/mol. The van der Waals surface area contributed by atoms with Crippen molar-refractivity contribution < 1.29 is 4.79 Å². The number of benzene rings is 1. The summed E-state index contributed by atoms with van der Waals surface area (Å²) in [6, 6.07) is 9.67. The van der Waals surface area contributed by atoms with Crippen molar-refractivity contribution in [2.75, 3.05) is 23.8 Å². The summed E-state index contributed by atoms with van der Waals surface area (Å²) in [7, 11) is 1.78. The summed E-state index contributed by atoms with van der Waals surface area (Å²) < 4.78 is 0. The summed E-state index contributed by atoms with van der Waals surface area (Å²) in [4.78, 5) is 18.4. The number of carbonyl (C=O) groups is 1. The summed E-state index contributed by atoms with van der Waals surface area (Å²) in [5, 5.41) is 3.16. The largest absolute Gasteiger partial charge is 0.384 e. The zero-order valence-electron chi connectivity index (χ0n) is 13.0. The highest BCUT2D eigenvalue weighted by molar-refractivity contribution is 6.04. The number of rotatable bonds is 4. The average Bonchev–Trinajstić information content (AvgIpc) is 2.47. The van der Waals surface area contributed by atoms with E-state index < -0.39 is 0 Å². The summed E-state index contributed by atoms with van der Waals surface area (Å²) in [5.41, 5.74) is 4.53. The van der Waals surface area contributed by atoms with E-state index in [0.29, 0.717) is 5.69 Å². The highest BCUT2D eigenvalue weighted by Crippen LogP contribution is 2.21. The lowest BCUT2D eigenvalue weighted by molar-refractivity contribution is 0.0988. The minimum Gasteiger partial charge on any atom is -0.384 e. The molecule has 1 heterocycles. The Bertz CT molecular complexity index is 635. The molecule has 0 spiro atoms. The lowest BCUT2D eigenvalue weighted by Crippen LogP contribution is -2.27. The zero-order valence-corrected chi connectivity index (χ0v) is 13.0. The zero-order chi connectivity index (χ0) is 15.4. The molecule has 0 fully saturated rings. The van der Waals surface area contributed by atoms with E-state index in [1.165, 1.54) is 5.56 Å². The topological polar surface area (TPSA) is 45.2 Å². The molecule has 0 radical (unpaired) electrons. The first-order chi connectivity index (χ1) is 10.0. The van der Waals surface area contributed by atoms with E-state index in [2.05, 4.69) is 16.4 Å². The van der Waals surface area contributed by atoms with Gasteiger partial charge >= 0.3 is 0 Å². The number of aryl methyl sites for hydroxylation is 2. The lowest BCUT2D eigenvalue weighted by Gasteiger charge is -2.19. The van der Waals surface area contributed by atoms with Crippen molar-refractivity contribution in [3.63, 3.8) is 0 Å². The SMILES string of the molecule is CCNc1ccc(C(=O)N(C)c2ccc(C)cc2C)nc1. The van der Waals surface area contributed by atoms with Crippen LogP contribution in [0.2, 0.25) is 0 Å². The number of amides is 1. The maximum Gasteiger partial charge on any atom is 0.276 e. The van der Waals surface area contributed by atoms with E-state index in [1.54, 1.807) is 24.2 Å². The van der Waals surface area contributed by atoms with E-state index in [4.69, 9.17) is 0 Å². The lowest BCUT2D eigenvalue weighted by atomic mass is 10.1. The highest BCUT2D eigenvalue weighted by Gasteiger charge is 2.16. The maximum absolute atomic E-state index is 12.5. The molecule has 0 atom stereocenters. The first-order valence-corrected chi connectivity index (χ1v) is 7.08. The fourth-order valence-electron chi connectivity index (χ4n) is 2.29. The Morgan fingerprint density at radius 2 is 2.00 bits per heavy atom. The number of aromatic nitrogens is 1. The molecule has 0 saturated heterocycles. The minimum atomic E-state index is -0.106. The van der Waals surface area contributed by atoms with Crippen LogP contribution in [0.4, 0.5) is 11.4 Å². The number of nitrogens with zero attached hydrogens (tertiary/aromatic N) is 2. The van der Waals surface area contributed by atoms with Gasteiger partial charge in [-0.2, -0.15) is 0 Å². The van der Waals surface area contributed by atoms with Gasteiger partial charge in [0, 0.05) is 19.3 Å². The molecule has 0 aliphatic carbocycles. The molecule has 110 valence electrons. The molecule has 4 nitrogen and oxygen atoms in total. The van der Waals surface area contributed by atoms with Gasteiger partial charge in [0.1, 0.15) is 5.69 Å². The number of pyridine rings is 1. The van der Waals surface area contributed by atoms with Crippen molar-refractivity contribution in [3.8, 4) is 0 Å². The van der Waals surface area contributed by atoms with Gasteiger partial charge in [-0.25, -0.2) is 4.98 Å². The van der Waals surface area contributed by atoms with Crippen LogP contribution in [0.1, 0.15) is 28.5 Å². The van der Waals surface area contributed by atoms with Crippen molar-refractivity contribution in [1.82, 2.24) is 4.98 Å². The van der Waals surface area contributed by atoms with Gasteiger partial charge in [-0.05, 0) is 44.5 Å². The van der Waals surface area contributed by atoms with Gasteiger partial charge in [0.2, 0.25) is 0 Å². The summed E-state index contributed by atoms with van der Waals surface area (Å²) in [6.45, 7) is 6.90. The molecule has 4 heteroatoms. The first-order valence-electron chi connectivity index (χ1n) is 7.08. The van der Waals surface area contributed by atoms with Crippen molar-refractivity contribution in [2.45, 2.75) is 20.8 Å². The Morgan fingerprint density at radius 1 is 1.24 bits per heavy atom. The standard InChI is InChI=1S/C17H21N3O/c1-5-18-14-7-8-15(19-11-14)17(21)20(4)16-9-6-12(2)10-13(16)3/h6-11,18H,5H2,1-4H3. The first kappa shape index (κ1) is 15.0. The van der Waals surface area contributed by atoms with Gasteiger partial charge < -0.3 is 10.2 Å². The molecule has 0 saturated carbocycles. The van der Waals surface area contributed by atoms with Crippen molar-refractivity contribution in [2.24, 2.45) is 0 Å². The molecule has 0 aliphatic heterocycles. The van der Waals surface area contributed by atoms with Crippen LogP contribution >= 0.6 is 0 Å². The van der Waals surface area contributed by atoms with Crippen LogP contribution in [0.25, 0.3) is 0 Å². The molecule has 1 aromatic heterocycles. The number of hydrogen-bond donors (Lipinski definition) is 1. The third-order valence-electron chi connectivity index (χ3n) is 3.38. The van der Waals surface area contributed by atoms with Gasteiger partial charge in [-0.1, -0.05) is 17.7 Å². The second kappa shape index (κ2) is 6.39. The Balaban J connectivity index is 2.22. The average molecular weight is 283 g/mol. The number of anilines is 2. The van der Waals surface area contributed by atoms with E-state index in [-0.39, 0.29) is 5.91 Å². The van der Waals surface area contributed by atoms with Gasteiger partial charge in [-0.15, -0.1) is 0 Å². The second-order valence-electron chi connectivity index (χ2n) is 5.12. The van der Waals surface area contributed by atoms with Crippen LogP contribution in [0.5, 0.6) is 0 Å². The Labute approximate surface area is 125 Å². The molecular weight excluding hydrogens is 262 g/mol. The predicted molar refractivity (Wildman–Crippen MR) is 87.1 cm³/mol. The molecule has 0 bridgehead atoms. The van der Waals surface area contributed by atoms with E-state index in [1.807, 2.05) is 39.0 Å². The summed E-state index contributed by atoms with van der Waals surface area (Å²) in [6.07, 6.45) is 1.69. The quantitative estimate of drug-likeness (QED) is 0.935. The Morgan fingerprint density at radius 3 is 2.57 bits per heavy atom. The second-order valence-corrected chi connectivity index (χ2v) is 5.12. The minimum absolute atomic E-state index is 0.106. The van der Waals surface area contributed by atoms with Gasteiger partial charge in [0.15, 0.2) is 0 Å². The highest BCUT2D eigenvalue weighted by atomic mass is 16.2. The number of nitrogens with one attached hydrogen (secondary N) is 1. The van der Waals surface area contributed by atoms with Crippen molar-refractivity contribution in [3.05, 3.63) is 53.3 Å². The Kier molecular flexibility index (Phi) is 4.58. The van der Waals surface area contributed by atoms with Gasteiger partial charge in [0.25, 0.3) is 5.91 Å². The van der Waals surface area contributed by atoms with Crippen molar-refractivity contribution >= 4 is 17.3 Å². The fourth-order valence-corrected chi connectivity index (χ4v) is 2.29. The molecule has 2 rings (SSSR count). The maximum atomic E-state index is 12.5. The van der Waals surface area contributed by atoms with E-state index >= 15 is 0 Å². The van der Waals surface area contributed by atoms with Crippen LogP contribution in [0.3, 0.4) is 0 Å². The van der Waals surface area contributed by atoms with Crippen LogP contribution < -0.4 is 10.2 Å². The fraction of sp³-hybridized carbons (Fsp3) is 0.294. The number of hydrogen-bond acceptors (Lipinski definition) is 3. The van der Waals surface area contributed by atoms with Crippen LogP contribution in [-0.2, 0) is 0 Å².